The predicted octanol–water partition coefficient (Wildman–Crippen LogP) is 3.43. The molecule has 22 heavy (non-hydrogen) atoms. The van der Waals surface area contributed by atoms with Crippen molar-refractivity contribution in [3.8, 4) is 0 Å². The summed E-state index contributed by atoms with van der Waals surface area (Å²) < 4.78 is 6.20. The minimum Gasteiger partial charge on any atom is -0.383 e. The zero-order chi connectivity index (χ0) is 15.3. The molecule has 0 amide bonds. The molecule has 1 unspecified atom stereocenters. The van der Waals surface area contributed by atoms with Gasteiger partial charge in [0.2, 0.25) is 0 Å². The van der Waals surface area contributed by atoms with E-state index in [9.17, 15) is 0 Å². The van der Waals surface area contributed by atoms with E-state index in [1.165, 1.54) is 24.8 Å². The fraction of sp³-hybridized carbons (Fsp3) is 0.562. The third-order valence-corrected chi connectivity index (χ3v) is 4.66. The van der Waals surface area contributed by atoms with Crippen molar-refractivity contribution in [2.75, 3.05) is 20.3 Å². The summed E-state index contributed by atoms with van der Waals surface area (Å²) in [5.74, 6) is 0.503. The molecule has 0 bridgehead atoms. The zero-order valence-electron chi connectivity index (χ0n) is 13.1. The van der Waals surface area contributed by atoms with Gasteiger partial charge in [-0.15, -0.1) is 24.0 Å². The van der Waals surface area contributed by atoms with Gasteiger partial charge in [-0.3, -0.25) is 4.99 Å². The Morgan fingerprint density at radius 1 is 1.41 bits per heavy atom. The first-order chi connectivity index (χ1) is 10.1. The topological polar surface area (TPSA) is 59.6 Å². The maximum Gasteiger partial charge on any atom is 0.188 e. The molecule has 2 rings (SSSR count). The van der Waals surface area contributed by atoms with Crippen LogP contribution in [-0.4, -0.2) is 32.3 Å². The van der Waals surface area contributed by atoms with Crippen LogP contribution >= 0.6 is 39.9 Å². The van der Waals surface area contributed by atoms with Crippen LogP contribution in [0.25, 0.3) is 0 Å². The zero-order valence-corrected chi connectivity index (χ0v) is 17.1. The number of ether oxygens (including phenoxy) is 1. The van der Waals surface area contributed by atoms with Gasteiger partial charge in [0.1, 0.15) is 0 Å². The van der Waals surface area contributed by atoms with Crippen molar-refractivity contribution in [2.24, 2.45) is 10.7 Å². The van der Waals surface area contributed by atoms with Crippen LogP contribution < -0.4 is 11.1 Å². The van der Waals surface area contributed by atoms with Crippen molar-refractivity contribution in [2.45, 2.75) is 37.6 Å². The molecule has 0 aromatic heterocycles. The summed E-state index contributed by atoms with van der Waals surface area (Å²) in [6, 6.07) is 8.75. The number of guanidine groups is 1. The van der Waals surface area contributed by atoms with Gasteiger partial charge in [0, 0.05) is 23.0 Å². The lowest BCUT2D eigenvalue weighted by Gasteiger charge is -2.41. The highest BCUT2D eigenvalue weighted by atomic mass is 127. The van der Waals surface area contributed by atoms with E-state index in [1.807, 2.05) is 6.92 Å². The highest BCUT2D eigenvalue weighted by Gasteiger charge is 2.38. The van der Waals surface area contributed by atoms with E-state index >= 15 is 0 Å². The molecule has 6 heteroatoms. The van der Waals surface area contributed by atoms with E-state index < -0.39 is 0 Å². The van der Waals surface area contributed by atoms with Gasteiger partial charge in [0.25, 0.3) is 0 Å². The Bertz CT molecular complexity index is 489. The smallest absolute Gasteiger partial charge is 0.188 e. The molecule has 0 radical (unpaired) electrons. The summed E-state index contributed by atoms with van der Waals surface area (Å²) in [5.41, 5.74) is 7.49. The molecule has 1 aromatic carbocycles. The Kier molecular flexibility index (Phi) is 8.13. The van der Waals surface area contributed by atoms with Crippen LogP contribution in [0.2, 0.25) is 0 Å². The van der Waals surface area contributed by atoms with Crippen LogP contribution in [0.1, 0.15) is 31.7 Å². The third-order valence-electron chi connectivity index (χ3n) is 4.13. The molecule has 0 saturated heterocycles. The summed E-state index contributed by atoms with van der Waals surface area (Å²) in [6.45, 7) is 3.39. The summed E-state index contributed by atoms with van der Waals surface area (Å²) in [5, 5.41) is 3.16. The molecule has 1 atom stereocenters. The molecule has 0 aliphatic heterocycles. The molecular formula is C16H25BrIN3O. The summed E-state index contributed by atoms with van der Waals surface area (Å²) in [7, 11) is 1.68. The first kappa shape index (κ1) is 19.7. The summed E-state index contributed by atoms with van der Waals surface area (Å²) >= 11 is 3.49. The van der Waals surface area contributed by atoms with Crippen LogP contribution in [0.5, 0.6) is 0 Å². The molecule has 4 nitrogen and oxygen atoms in total. The fourth-order valence-electron chi connectivity index (χ4n) is 2.77. The second-order valence-electron chi connectivity index (χ2n) is 5.84. The second-order valence-corrected chi connectivity index (χ2v) is 6.76. The van der Waals surface area contributed by atoms with Gasteiger partial charge in [0.15, 0.2) is 5.96 Å². The van der Waals surface area contributed by atoms with Gasteiger partial charge >= 0.3 is 0 Å². The van der Waals surface area contributed by atoms with E-state index in [0.717, 1.165) is 11.0 Å². The molecule has 1 aliphatic carbocycles. The number of hydrogen-bond acceptors (Lipinski definition) is 2. The van der Waals surface area contributed by atoms with Crippen LogP contribution in [0.15, 0.2) is 33.7 Å². The molecule has 0 spiro atoms. The first-order valence-electron chi connectivity index (χ1n) is 7.37. The van der Waals surface area contributed by atoms with Gasteiger partial charge < -0.3 is 15.8 Å². The van der Waals surface area contributed by atoms with Crippen LogP contribution in [0.4, 0.5) is 0 Å². The van der Waals surface area contributed by atoms with Gasteiger partial charge in [-0.2, -0.15) is 0 Å². The van der Waals surface area contributed by atoms with Crippen molar-refractivity contribution in [1.82, 2.24) is 5.32 Å². The lowest BCUT2D eigenvalue weighted by atomic mass is 9.64. The van der Waals surface area contributed by atoms with Gasteiger partial charge in [-0.25, -0.2) is 0 Å². The minimum absolute atomic E-state index is 0. The van der Waals surface area contributed by atoms with E-state index in [-0.39, 0.29) is 35.4 Å². The van der Waals surface area contributed by atoms with E-state index in [1.54, 1.807) is 7.11 Å². The van der Waals surface area contributed by atoms with Crippen LogP contribution in [0.3, 0.4) is 0 Å². The average molecular weight is 482 g/mol. The Morgan fingerprint density at radius 2 is 2.05 bits per heavy atom. The van der Waals surface area contributed by atoms with Crippen molar-refractivity contribution in [3.63, 3.8) is 0 Å². The monoisotopic (exact) mass is 481 g/mol. The molecule has 0 heterocycles. The normalized spacial score (nSPS) is 18.0. The van der Waals surface area contributed by atoms with E-state index in [2.05, 4.69) is 50.5 Å². The molecule has 3 N–H and O–H groups in total. The number of aliphatic imine (C=N–C) groups is 1. The van der Waals surface area contributed by atoms with Crippen molar-refractivity contribution in [3.05, 3.63) is 34.3 Å². The number of hydrogen-bond donors (Lipinski definition) is 2. The molecule has 1 aliphatic rings. The first-order valence-corrected chi connectivity index (χ1v) is 8.16. The SMILES string of the molecule is COCC(C)NC(N)=NCC1(c2ccc(Br)cc2)CCC1.I. The third kappa shape index (κ3) is 5.09. The molecule has 1 aromatic rings. The predicted molar refractivity (Wildman–Crippen MR) is 106 cm³/mol. The number of rotatable bonds is 6. The van der Waals surface area contributed by atoms with E-state index in [0.29, 0.717) is 12.6 Å². The number of methoxy groups -OCH3 is 1. The Morgan fingerprint density at radius 3 is 2.55 bits per heavy atom. The highest BCUT2D eigenvalue weighted by Crippen LogP contribution is 2.44. The van der Waals surface area contributed by atoms with Gasteiger partial charge in [-0.05, 0) is 37.5 Å². The molecule has 124 valence electrons. The molecule has 1 saturated carbocycles. The van der Waals surface area contributed by atoms with Gasteiger partial charge in [-0.1, -0.05) is 34.5 Å². The molecular weight excluding hydrogens is 457 g/mol. The Labute approximate surface area is 158 Å². The van der Waals surface area contributed by atoms with E-state index in [4.69, 9.17) is 10.5 Å². The number of nitrogens with zero attached hydrogens (tertiary/aromatic N) is 1. The summed E-state index contributed by atoms with van der Waals surface area (Å²) in [6.07, 6.45) is 3.62. The summed E-state index contributed by atoms with van der Waals surface area (Å²) in [4.78, 5) is 4.56. The Balaban J connectivity index is 0.00000242. The maximum atomic E-state index is 5.97. The van der Waals surface area contributed by atoms with Crippen molar-refractivity contribution in [1.29, 1.82) is 0 Å². The van der Waals surface area contributed by atoms with Crippen molar-refractivity contribution >= 4 is 45.9 Å². The van der Waals surface area contributed by atoms with Crippen molar-refractivity contribution < 1.29 is 4.74 Å². The minimum atomic E-state index is 0. The maximum absolute atomic E-state index is 5.97. The standard InChI is InChI=1S/C16H24BrN3O.HI/c1-12(10-21-2)20-15(18)19-11-16(8-3-9-16)13-4-6-14(17)7-5-13;/h4-7,12H,3,8-11H2,1-2H3,(H3,18,19,20);1H. The average Bonchev–Trinajstić information content (AvgIpc) is 2.39. The quantitative estimate of drug-likeness (QED) is 0.371. The number of halogens is 2. The Hall–Kier alpha value is -0.340. The van der Waals surface area contributed by atoms with Crippen LogP contribution in [0, 0.1) is 0 Å². The number of benzene rings is 1. The van der Waals surface area contributed by atoms with Crippen LogP contribution in [-0.2, 0) is 10.2 Å². The fourth-order valence-corrected chi connectivity index (χ4v) is 3.04. The lowest BCUT2D eigenvalue weighted by molar-refractivity contribution is 0.179. The lowest BCUT2D eigenvalue weighted by Crippen LogP contribution is -2.43. The number of nitrogens with two attached hydrogens (primary N) is 1. The second kappa shape index (κ2) is 9.08. The molecule has 1 fully saturated rings. The largest absolute Gasteiger partial charge is 0.383 e. The van der Waals surface area contributed by atoms with Gasteiger partial charge in [0.05, 0.1) is 13.2 Å². The highest BCUT2D eigenvalue weighted by molar-refractivity contribution is 14.0. The number of nitrogens with one attached hydrogen (secondary N) is 1.